The van der Waals surface area contributed by atoms with Crippen LogP contribution in [0.3, 0.4) is 0 Å². The summed E-state index contributed by atoms with van der Waals surface area (Å²) in [4.78, 5) is 29.1. The molecule has 9 heteroatoms. The molecule has 3 heterocycles. The normalized spacial score (nSPS) is 14.0. The van der Waals surface area contributed by atoms with Crippen molar-refractivity contribution in [3.8, 4) is 5.75 Å². The maximum absolute atomic E-state index is 12.8. The first-order valence-electron chi connectivity index (χ1n) is 8.63. The van der Waals surface area contributed by atoms with Gasteiger partial charge >= 0.3 is 0 Å². The Morgan fingerprint density at radius 3 is 2.67 bits per heavy atom. The lowest BCUT2D eigenvalue weighted by molar-refractivity contribution is -0.118. The number of halogens is 1. The number of hydrogen-bond donors (Lipinski definition) is 1. The van der Waals surface area contributed by atoms with Crippen LogP contribution in [-0.2, 0) is 11.3 Å². The smallest absolute Gasteiger partial charge is 0.247 e. The third-order valence-electron chi connectivity index (χ3n) is 4.58. The van der Waals surface area contributed by atoms with Gasteiger partial charge in [0.15, 0.2) is 11.0 Å². The zero-order valence-corrected chi connectivity index (χ0v) is 16.8. The molecule has 0 fully saturated rings. The summed E-state index contributed by atoms with van der Waals surface area (Å²) in [6, 6.07) is -0.0811. The zero-order valence-electron chi connectivity index (χ0n) is 16.1. The Kier molecular flexibility index (Phi) is 5.10. The maximum atomic E-state index is 12.8. The molecule has 144 valence electrons. The van der Waals surface area contributed by atoms with Crippen molar-refractivity contribution in [2.45, 2.75) is 40.3 Å². The van der Waals surface area contributed by atoms with E-state index in [-0.39, 0.29) is 29.6 Å². The van der Waals surface area contributed by atoms with Crippen molar-refractivity contribution in [2.75, 3.05) is 29.2 Å². The summed E-state index contributed by atoms with van der Waals surface area (Å²) < 4.78 is 5.48. The van der Waals surface area contributed by atoms with Gasteiger partial charge in [0, 0.05) is 23.4 Å². The molecule has 1 aliphatic heterocycles. The van der Waals surface area contributed by atoms with E-state index in [0.29, 0.717) is 18.1 Å². The number of rotatable bonds is 4. The Balaban J connectivity index is 2.08. The molecule has 1 aliphatic rings. The van der Waals surface area contributed by atoms with E-state index < -0.39 is 0 Å². The van der Waals surface area contributed by atoms with Crippen LogP contribution in [0.1, 0.15) is 30.7 Å². The molecule has 0 aliphatic carbocycles. The highest BCUT2D eigenvalue weighted by atomic mass is 35.5. The van der Waals surface area contributed by atoms with Gasteiger partial charge in [0.05, 0.1) is 25.9 Å². The van der Waals surface area contributed by atoms with Crippen molar-refractivity contribution < 1.29 is 9.53 Å². The van der Waals surface area contributed by atoms with Gasteiger partial charge in [-0.05, 0) is 27.7 Å². The molecule has 0 bridgehead atoms. The van der Waals surface area contributed by atoms with E-state index in [1.54, 1.807) is 18.2 Å². The van der Waals surface area contributed by atoms with Crippen LogP contribution in [-0.4, -0.2) is 40.6 Å². The summed E-state index contributed by atoms with van der Waals surface area (Å²) in [5.41, 5.74) is 8.97. The largest absolute Gasteiger partial charge is 0.496 e. The van der Waals surface area contributed by atoms with E-state index >= 15 is 0 Å². The number of amides is 1. The van der Waals surface area contributed by atoms with Crippen LogP contribution in [0.2, 0.25) is 5.15 Å². The molecule has 3 rings (SSSR count). The van der Waals surface area contributed by atoms with Crippen molar-refractivity contribution in [2.24, 2.45) is 0 Å². The zero-order chi connectivity index (χ0) is 19.9. The van der Waals surface area contributed by atoms with Gasteiger partial charge in [0.25, 0.3) is 0 Å². The summed E-state index contributed by atoms with van der Waals surface area (Å²) in [7, 11) is 1.63. The molecular weight excluding hydrogens is 368 g/mol. The Hall–Kier alpha value is -2.61. The number of methoxy groups -OCH3 is 1. The first kappa shape index (κ1) is 19.2. The highest BCUT2D eigenvalue weighted by molar-refractivity contribution is 6.33. The molecule has 0 spiro atoms. The van der Waals surface area contributed by atoms with Crippen molar-refractivity contribution in [1.29, 1.82) is 0 Å². The third-order valence-corrected chi connectivity index (χ3v) is 4.85. The van der Waals surface area contributed by atoms with E-state index in [9.17, 15) is 4.79 Å². The number of aromatic nitrogens is 3. The van der Waals surface area contributed by atoms with Gasteiger partial charge in [-0.15, -0.1) is 0 Å². The Morgan fingerprint density at radius 2 is 2.04 bits per heavy atom. The second kappa shape index (κ2) is 7.19. The van der Waals surface area contributed by atoms with Gasteiger partial charge in [0.1, 0.15) is 11.4 Å². The van der Waals surface area contributed by atoms with Gasteiger partial charge in [-0.3, -0.25) is 9.78 Å². The first-order valence-corrected chi connectivity index (χ1v) is 9.01. The number of carbonyl (C=O) groups excluding carboxylic acids is 1. The summed E-state index contributed by atoms with van der Waals surface area (Å²) in [5.74, 6) is 1.30. The SMILES string of the molecule is COc1c(C)cnc(CN2CC(=O)N(C(C)C)c3c(Cl)nc(N)nc32)c1C. The van der Waals surface area contributed by atoms with Crippen molar-refractivity contribution in [1.82, 2.24) is 15.0 Å². The van der Waals surface area contributed by atoms with Gasteiger partial charge in [-0.2, -0.15) is 9.97 Å². The van der Waals surface area contributed by atoms with Crippen LogP contribution in [0.5, 0.6) is 5.75 Å². The van der Waals surface area contributed by atoms with Gasteiger partial charge in [-0.1, -0.05) is 11.6 Å². The molecule has 0 radical (unpaired) electrons. The number of hydrogen-bond acceptors (Lipinski definition) is 7. The number of nitrogen functional groups attached to an aromatic ring is 1. The minimum absolute atomic E-state index is 0.0629. The average Bonchev–Trinajstić information content (AvgIpc) is 2.58. The highest BCUT2D eigenvalue weighted by Crippen LogP contribution is 2.39. The summed E-state index contributed by atoms with van der Waals surface area (Å²) in [6.45, 7) is 8.25. The average molecular weight is 391 g/mol. The second-order valence-electron chi connectivity index (χ2n) is 6.80. The standard InChI is InChI=1S/C18H23ClN6O2/c1-9(2)25-13(26)8-24(17-14(25)16(19)22-18(20)23-17)7-12-11(4)15(27-5)10(3)6-21-12/h6,9H,7-8H2,1-5H3,(H2,20,22,23). The lowest BCUT2D eigenvalue weighted by Gasteiger charge is -2.38. The monoisotopic (exact) mass is 390 g/mol. The predicted octanol–water partition coefficient (Wildman–Crippen LogP) is 2.49. The van der Waals surface area contributed by atoms with E-state index in [2.05, 4.69) is 15.0 Å². The first-order chi connectivity index (χ1) is 12.7. The minimum atomic E-state index is -0.0811. The fraction of sp³-hybridized carbons (Fsp3) is 0.444. The van der Waals surface area contributed by atoms with Crippen molar-refractivity contribution in [3.05, 3.63) is 28.2 Å². The fourth-order valence-electron chi connectivity index (χ4n) is 3.39. The number of fused-ring (bicyclic) bond motifs is 1. The Bertz CT molecular complexity index is 902. The summed E-state index contributed by atoms with van der Waals surface area (Å²) >= 11 is 6.33. The molecule has 2 aromatic heterocycles. The van der Waals surface area contributed by atoms with Crippen LogP contribution < -0.4 is 20.3 Å². The fourth-order valence-corrected chi connectivity index (χ4v) is 3.65. The quantitative estimate of drug-likeness (QED) is 0.801. The number of anilines is 3. The summed E-state index contributed by atoms with van der Waals surface area (Å²) in [5, 5.41) is 0.162. The molecule has 0 aromatic carbocycles. The van der Waals surface area contributed by atoms with E-state index in [0.717, 1.165) is 22.6 Å². The van der Waals surface area contributed by atoms with Crippen LogP contribution in [0.25, 0.3) is 0 Å². The minimum Gasteiger partial charge on any atom is -0.496 e. The van der Waals surface area contributed by atoms with Gasteiger partial charge in [-0.25, -0.2) is 0 Å². The molecule has 1 amide bonds. The second-order valence-corrected chi connectivity index (χ2v) is 7.16. The highest BCUT2D eigenvalue weighted by Gasteiger charge is 2.35. The molecular formula is C18H23ClN6O2. The number of pyridine rings is 1. The van der Waals surface area contributed by atoms with E-state index in [1.165, 1.54) is 0 Å². The van der Waals surface area contributed by atoms with Crippen LogP contribution in [0.15, 0.2) is 6.20 Å². The number of nitrogens with two attached hydrogens (primary N) is 1. The number of ether oxygens (including phenoxy) is 1. The molecule has 0 saturated carbocycles. The van der Waals surface area contributed by atoms with Crippen molar-refractivity contribution in [3.63, 3.8) is 0 Å². The van der Waals surface area contributed by atoms with E-state index in [1.807, 2.05) is 32.6 Å². The molecule has 8 nitrogen and oxygen atoms in total. The number of nitrogens with zero attached hydrogens (tertiary/aromatic N) is 5. The van der Waals surface area contributed by atoms with Crippen molar-refractivity contribution >= 4 is 35.0 Å². The van der Waals surface area contributed by atoms with Crippen LogP contribution in [0, 0.1) is 13.8 Å². The molecule has 0 atom stereocenters. The Morgan fingerprint density at radius 1 is 1.33 bits per heavy atom. The maximum Gasteiger partial charge on any atom is 0.247 e. The molecule has 0 unspecified atom stereocenters. The topological polar surface area (TPSA) is 97.5 Å². The number of carbonyl (C=O) groups is 1. The lowest BCUT2D eigenvalue weighted by Crippen LogP contribution is -2.49. The lowest BCUT2D eigenvalue weighted by atomic mass is 10.1. The van der Waals surface area contributed by atoms with Crippen LogP contribution >= 0.6 is 11.6 Å². The Labute approximate surface area is 163 Å². The molecule has 0 saturated heterocycles. The van der Waals surface area contributed by atoms with Gasteiger partial charge in [0.2, 0.25) is 11.9 Å². The third kappa shape index (κ3) is 3.37. The molecule has 2 aromatic rings. The number of aryl methyl sites for hydroxylation is 1. The van der Waals surface area contributed by atoms with E-state index in [4.69, 9.17) is 22.1 Å². The molecule has 2 N–H and O–H groups in total. The summed E-state index contributed by atoms with van der Waals surface area (Å²) in [6.07, 6.45) is 1.76. The van der Waals surface area contributed by atoms with Gasteiger partial charge < -0.3 is 20.3 Å². The predicted molar refractivity (Wildman–Crippen MR) is 105 cm³/mol. The van der Waals surface area contributed by atoms with Crippen LogP contribution in [0.4, 0.5) is 17.5 Å². The molecule has 27 heavy (non-hydrogen) atoms.